The van der Waals surface area contributed by atoms with Crippen LogP contribution in [0.3, 0.4) is 0 Å². The zero-order chi connectivity index (χ0) is 17.7. The SMILES string of the molecule is Cc1ccccc1CNCc1ccc(S(=O)(=O)N2CCCCC2)cc1. The van der Waals surface area contributed by atoms with Crippen LogP contribution in [0, 0.1) is 6.92 Å². The van der Waals surface area contributed by atoms with E-state index < -0.39 is 10.0 Å². The summed E-state index contributed by atoms with van der Waals surface area (Å²) in [5.74, 6) is 0. The molecule has 5 heteroatoms. The molecule has 1 fully saturated rings. The summed E-state index contributed by atoms with van der Waals surface area (Å²) in [6, 6.07) is 15.6. The molecule has 0 aromatic heterocycles. The van der Waals surface area contributed by atoms with Crippen molar-refractivity contribution >= 4 is 10.0 Å². The number of sulfonamides is 1. The van der Waals surface area contributed by atoms with Crippen LogP contribution in [0.2, 0.25) is 0 Å². The van der Waals surface area contributed by atoms with Gasteiger partial charge in [-0.25, -0.2) is 8.42 Å². The van der Waals surface area contributed by atoms with E-state index >= 15 is 0 Å². The van der Waals surface area contributed by atoms with Crippen molar-refractivity contribution < 1.29 is 8.42 Å². The van der Waals surface area contributed by atoms with Crippen LogP contribution in [0.4, 0.5) is 0 Å². The molecular formula is C20H26N2O2S. The Morgan fingerprint density at radius 2 is 1.60 bits per heavy atom. The summed E-state index contributed by atoms with van der Waals surface area (Å²) in [7, 11) is -3.33. The van der Waals surface area contributed by atoms with E-state index in [0.29, 0.717) is 18.0 Å². The van der Waals surface area contributed by atoms with E-state index in [2.05, 4.69) is 24.4 Å². The van der Waals surface area contributed by atoms with Crippen LogP contribution in [0.25, 0.3) is 0 Å². The van der Waals surface area contributed by atoms with Gasteiger partial charge in [-0.3, -0.25) is 0 Å². The Morgan fingerprint density at radius 3 is 2.28 bits per heavy atom. The monoisotopic (exact) mass is 358 g/mol. The maximum absolute atomic E-state index is 12.6. The molecule has 4 nitrogen and oxygen atoms in total. The minimum absolute atomic E-state index is 0.400. The van der Waals surface area contributed by atoms with Gasteiger partial charge in [0.15, 0.2) is 0 Å². The molecule has 25 heavy (non-hydrogen) atoms. The third-order valence-corrected chi connectivity index (χ3v) is 6.69. The average molecular weight is 359 g/mol. The Labute approximate surface area is 150 Å². The van der Waals surface area contributed by atoms with Crippen LogP contribution in [0.15, 0.2) is 53.4 Å². The van der Waals surface area contributed by atoms with Gasteiger partial charge in [0.2, 0.25) is 10.0 Å². The van der Waals surface area contributed by atoms with Gasteiger partial charge in [-0.05, 0) is 48.6 Å². The highest BCUT2D eigenvalue weighted by Crippen LogP contribution is 2.20. The van der Waals surface area contributed by atoms with Gasteiger partial charge >= 0.3 is 0 Å². The van der Waals surface area contributed by atoms with Crippen molar-refractivity contribution in [2.75, 3.05) is 13.1 Å². The third kappa shape index (κ3) is 4.48. The van der Waals surface area contributed by atoms with Crippen molar-refractivity contribution in [3.8, 4) is 0 Å². The van der Waals surface area contributed by atoms with E-state index in [-0.39, 0.29) is 0 Å². The molecule has 1 aliphatic rings. The van der Waals surface area contributed by atoms with Crippen LogP contribution < -0.4 is 5.32 Å². The number of piperidine rings is 1. The molecule has 1 N–H and O–H groups in total. The normalized spacial score (nSPS) is 16.0. The fraction of sp³-hybridized carbons (Fsp3) is 0.400. The second-order valence-electron chi connectivity index (χ2n) is 6.64. The summed E-state index contributed by atoms with van der Waals surface area (Å²) in [5.41, 5.74) is 3.65. The first kappa shape index (κ1) is 18.1. The minimum atomic E-state index is -3.33. The molecular weight excluding hydrogens is 332 g/mol. The topological polar surface area (TPSA) is 49.4 Å². The lowest BCUT2D eigenvalue weighted by atomic mass is 10.1. The number of aryl methyl sites for hydroxylation is 1. The zero-order valence-corrected chi connectivity index (χ0v) is 15.6. The van der Waals surface area contributed by atoms with E-state index in [1.165, 1.54) is 11.1 Å². The molecule has 3 rings (SSSR count). The van der Waals surface area contributed by atoms with Crippen molar-refractivity contribution in [3.05, 3.63) is 65.2 Å². The first-order chi connectivity index (χ1) is 12.1. The second-order valence-corrected chi connectivity index (χ2v) is 8.58. The zero-order valence-electron chi connectivity index (χ0n) is 14.7. The number of nitrogens with one attached hydrogen (secondary N) is 1. The lowest BCUT2D eigenvalue weighted by molar-refractivity contribution is 0.346. The Morgan fingerprint density at radius 1 is 0.920 bits per heavy atom. The summed E-state index contributed by atoms with van der Waals surface area (Å²) in [6.07, 6.45) is 3.04. The fourth-order valence-corrected chi connectivity index (χ4v) is 4.70. The first-order valence-electron chi connectivity index (χ1n) is 8.92. The maximum Gasteiger partial charge on any atom is 0.243 e. The summed E-state index contributed by atoms with van der Waals surface area (Å²) in [6.45, 7) is 4.92. The molecule has 0 radical (unpaired) electrons. The van der Waals surface area contributed by atoms with Gasteiger partial charge in [0.05, 0.1) is 4.90 Å². The van der Waals surface area contributed by atoms with Gasteiger partial charge in [-0.2, -0.15) is 4.31 Å². The van der Waals surface area contributed by atoms with Crippen molar-refractivity contribution in [3.63, 3.8) is 0 Å². The van der Waals surface area contributed by atoms with Crippen LogP contribution in [-0.2, 0) is 23.1 Å². The predicted octanol–water partition coefficient (Wildman–Crippen LogP) is 3.46. The molecule has 0 spiro atoms. The van der Waals surface area contributed by atoms with E-state index in [9.17, 15) is 8.42 Å². The molecule has 0 saturated carbocycles. The van der Waals surface area contributed by atoms with Gasteiger partial charge in [0.1, 0.15) is 0 Å². The Balaban J connectivity index is 1.59. The van der Waals surface area contributed by atoms with Crippen LogP contribution in [0.5, 0.6) is 0 Å². The number of hydrogen-bond acceptors (Lipinski definition) is 3. The first-order valence-corrected chi connectivity index (χ1v) is 10.4. The summed E-state index contributed by atoms with van der Waals surface area (Å²) in [4.78, 5) is 0.400. The second kappa shape index (κ2) is 8.13. The molecule has 2 aromatic carbocycles. The highest BCUT2D eigenvalue weighted by molar-refractivity contribution is 7.89. The Kier molecular flexibility index (Phi) is 5.89. The minimum Gasteiger partial charge on any atom is -0.309 e. The molecule has 2 aromatic rings. The molecule has 0 amide bonds. The largest absolute Gasteiger partial charge is 0.309 e. The Bertz CT molecular complexity index is 795. The van der Waals surface area contributed by atoms with Crippen LogP contribution in [-0.4, -0.2) is 25.8 Å². The van der Waals surface area contributed by atoms with E-state index in [0.717, 1.165) is 37.9 Å². The molecule has 1 aliphatic heterocycles. The highest BCUT2D eigenvalue weighted by atomic mass is 32.2. The van der Waals surface area contributed by atoms with Gasteiger partial charge in [-0.1, -0.05) is 42.8 Å². The lowest BCUT2D eigenvalue weighted by Crippen LogP contribution is -2.35. The van der Waals surface area contributed by atoms with Gasteiger partial charge in [-0.15, -0.1) is 0 Å². The molecule has 1 heterocycles. The van der Waals surface area contributed by atoms with Gasteiger partial charge in [0, 0.05) is 26.2 Å². The molecule has 134 valence electrons. The summed E-state index contributed by atoms with van der Waals surface area (Å²) in [5, 5.41) is 3.42. The number of benzene rings is 2. The quantitative estimate of drug-likeness (QED) is 0.860. The van der Waals surface area contributed by atoms with Crippen molar-refractivity contribution in [1.82, 2.24) is 9.62 Å². The predicted molar refractivity (Wildman–Crippen MR) is 101 cm³/mol. The third-order valence-electron chi connectivity index (χ3n) is 4.78. The van der Waals surface area contributed by atoms with E-state index in [4.69, 9.17) is 0 Å². The Hall–Kier alpha value is -1.69. The summed E-state index contributed by atoms with van der Waals surface area (Å²) < 4.78 is 26.9. The summed E-state index contributed by atoms with van der Waals surface area (Å²) >= 11 is 0. The smallest absolute Gasteiger partial charge is 0.243 e. The van der Waals surface area contributed by atoms with E-state index in [1.54, 1.807) is 16.4 Å². The van der Waals surface area contributed by atoms with Crippen molar-refractivity contribution in [1.29, 1.82) is 0 Å². The van der Waals surface area contributed by atoms with Crippen LogP contribution in [0.1, 0.15) is 36.0 Å². The fourth-order valence-electron chi connectivity index (χ4n) is 3.18. The van der Waals surface area contributed by atoms with Gasteiger partial charge < -0.3 is 5.32 Å². The lowest BCUT2D eigenvalue weighted by Gasteiger charge is -2.25. The van der Waals surface area contributed by atoms with Crippen molar-refractivity contribution in [2.24, 2.45) is 0 Å². The molecule has 1 saturated heterocycles. The van der Waals surface area contributed by atoms with Gasteiger partial charge in [0.25, 0.3) is 0 Å². The number of nitrogens with zero attached hydrogens (tertiary/aromatic N) is 1. The standard InChI is InChI=1S/C20H26N2O2S/c1-17-7-3-4-8-19(17)16-21-15-18-9-11-20(12-10-18)25(23,24)22-13-5-2-6-14-22/h3-4,7-12,21H,2,5-6,13-16H2,1H3. The maximum atomic E-state index is 12.6. The van der Waals surface area contributed by atoms with Crippen LogP contribution >= 0.6 is 0 Å². The number of hydrogen-bond donors (Lipinski definition) is 1. The molecule has 0 atom stereocenters. The molecule has 0 aliphatic carbocycles. The molecule has 0 bridgehead atoms. The highest BCUT2D eigenvalue weighted by Gasteiger charge is 2.25. The average Bonchev–Trinajstić information content (AvgIpc) is 2.64. The number of rotatable bonds is 6. The molecule has 0 unspecified atom stereocenters. The van der Waals surface area contributed by atoms with E-state index in [1.807, 2.05) is 24.3 Å². The van der Waals surface area contributed by atoms with Crippen molar-refractivity contribution in [2.45, 2.75) is 44.2 Å².